The third-order valence-corrected chi connectivity index (χ3v) is 3.27. The summed E-state index contributed by atoms with van der Waals surface area (Å²) >= 11 is 0. The number of aliphatic carboxylic acids is 1. The number of benzene rings is 2. The van der Waals surface area contributed by atoms with Crippen LogP contribution in [0, 0.1) is 0 Å². The number of hydrogen-bond acceptors (Lipinski definition) is 2. The fraction of sp³-hybridized carbons (Fsp3) is 0.111. The zero-order valence-electron chi connectivity index (χ0n) is 12.5. The minimum atomic E-state index is -1.07. The lowest BCUT2D eigenvalue weighted by Gasteiger charge is -2.21. The van der Waals surface area contributed by atoms with Crippen LogP contribution in [0.1, 0.15) is 13.8 Å². The molecule has 0 unspecified atom stereocenters. The molecule has 0 aliphatic heterocycles. The molecule has 0 saturated heterocycles. The van der Waals surface area contributed by atoms with E-state index in [0.29, 0.717) is 11.3 Å². The molecule has 2 rings (SSSR count). The molecule has 0 heterocycles. The molecule has 112 valence electrons. The summed E-state index contributed by atoms with van der Waals surface area (Å²) in [5, 5.41) is 10.9. The van der Waals surface area contributed by atoms with E-state index < -0.39 is 5.97 Å². The van der Waals surface area contributed by atoms with Crippen LogP contribution in [0.5, 0.6) is 0 Å². The molecule has 0 aliphatic rings. The number of carbonyl (C=O) groups excluding carboxylic acids is 1. The van der Waals surface area contributed by atoms with E-state index in [4.69, 9.17) is 5.11 Å². The van der Waals surface area contributed by atoms with E-state index >= 15 is 0 Å². The summed E-state index contributed by atoms with van der Waals surface area (Å²) in [5.41, 5.74) is 1.04. The normalized spacial score (nSPS) is 11.3. The first-order valence-corrected chi connectivity index (χ1v) is 6.80. The van der Waals surface area contributed by atoms with E-state index in [9.17, 15) is 9.59 Å². The van der Waals surface area contributed by atoms with Crippen LogP contribution < -0.4 is 4.90 Å². The second-order valence-electron chi connectivity index (χ2n) is 5.07. The molecular formula is C18H17NO3. The van der Waals surface area contributed by atoms with E-state index in [1.807, 2.05) is 36.4 Å². The molecule has 4 heteroatoms. The molecule has 0 saturated carbocycles. The van der Waals surface area contributed by atoms with Gasteiger partial charge in [-0.3, -0.25) is 9.69 Å². The fourth-order valence-electron chi connectivity index (χ4n) is 2.11. The maximum atomic E-state index is 12.4. The Morgan fingerprint density at radius 1 is 1.09 bits per heavy atom. The fourth-order valence-corrected chi connectivity index (χ4v) is 2.11. The summed E-state index contributed by atoms with van der Waals surface area (Å²) in [7, 11) is 0. The van der Waals surface area contributed by atoms with Crippen LogP contribution in [-0.2, 0) is 9.59 Å². The average Bonchev–Trinajstić information content (AvgIpc) is 2.51. The van der Waals surface area contributed by atoms with Gasteiger partial charge in [0.1, 0.15) is 0 Å². The largest absolute Gasteiger partial charge is 0.478 e. The van der Waals surface area contributed by atoms with Gasteiger partial charge in [-0.15, -0.1) is 0 Å². The number of anilines is 1. The molecule has 1 amide bonds. The zero-order valence-corrected chi connectivity index (χ0v) is 12.5. The smallest absolute Gasteiger partial charge is 0.332 e. The molecule has 0 atom stereocenters. The second kappa shape index (κ2) is 6.26. The Morgan fingerprint density at radius 2 is 1.73 bits per heavy atom. The molecule has 4 nitrogen and oxygen atoms in total. The average molecular weight is 295 g/mol. The number of nitrogens with zero attached hydrogens (tertiary/aromatic N) is 1. The number of hydrogen-bond donors (Lipinski definition) is 1. The van der Waals surface area contributed by atoms with Crippen LogP contribution >= 0.6 is 0 Å². The van der Waals surface area contributed by atoms with Crippen LogP contribution in [-0.4, -0.2) is 17.0 Å². The SMILES string of the molecule is C=C(C)C(=O)N(C=C(C)C(=O)O)c1cccc2ccccc12. The second-order valence-corrected chi connectivity index (χ2v) is 5.07. The van der Waals surface area contributed by atoms with Crippen LogP contribution in [0.2, 0.25) is 0 Å². The lowest BCUT2D eigenvalue weighted by molar-refractivity contribution is -0.132. The quantitative estimate of drug-likeness (QED) is 0.874. The van der Waals surface area contributed by atoms with Gasteiger partial charge in [-0.1, -0.05) is 43.0 Å². The van der Waals surface area contributed by atoms with Crippen molar-refractivity contribution in [2.45, 2.75) is 13.8 Å². The van der Waals surface area contributed by atoms with E-state index in [1.54, 1.807) is 13.0 Å². The first-order valence-electron chi connectivity index (χ1n) is 6.80. The minimum absolute atomic E-state index is 0.0718. The van der Waals surface area contributed by atoms with Gasteiger partial charge < -0.3 is 5.11 Å². The topological polar surface area (TPSA) is 57.6 Å². The predicted octanol–water partition coefficient (Wildman–Crippen LogP) is 3.74. The first-order chi connectivity index (χ1) is 10.4. The Morgan fingerprint density at radius 3 is 2.36 bits per heavy atom. The lowest BCUT2D eigenvalue weighted by Crippen LogP contribution is -2.27. The summed E-state index contributed by atoms with van der Waals surface area (Å²) in [6.07, 6.45) is 1.33. The van der Waals surface area contributed by atoms with Gasteiger partial charge in [0.15, 0.2) is 0 Å². The van der Waals surface area contributed by atoms with Gasteiger partial charge in [-0.05, 0) is 25.3 Å². The molecule has 0 aromatic heterocycles. The van der Waals surface area contributed by atoms with Crippen molar-refractivity contribution < 1.29 is 14.7 Å². The molecule has 0 aliphatic carbocycles. The highest BCUT2D eigenvalue weighted by Crippen LogP contribution is 2.28. The minimum Gasteiger partial charge on any atom is -0.478 e. The highest BCUT2D eigenvalue weighted by molar-refractivity contribution is 6.11. The lowest BCUT2D eigenvalue weighted by atomic mass is 10.1. The summed E-state index contributed by atoms with van der Waals surface area (Å²) in [5.74, 6) is -1.41. The van der Waals surface area contributed by atoms with E-state index in [-0.39, 0.29) is 11.5 Å². The van der Waals surface area contributed by atoms with Gasteiger partial charge in [0.25, 0.3) is 5.91 Å². The molecule has 2 aromatic rings. The first kappa shape index (κ1) is 15.5. The van der Waals surface area contributed by atoms with Crippen molar-refractivity contribution in [2.24, 2.45) is 0 Å². The Hall–Kier alpha value is -2.88. The van der Waals surface area contributed by atoms with Gasteiger partial charge in [0.2, 0.25) is 0 Å². The molecular weight excluding hydrogens is 278 g/mol. The van der Waals surface area contributed by atoms with Crippen molar-refractivity contribution in [1.82, 2.24) is 0 Å². The molecule has 22 heavy (non-hydrogen) atoms. The Labute approximate surface area is 129 Å². The van der Waals surface area contributed by atoms with Crippen LogP contribution in [0.4, 0.5) is 5.69 Å². The third-order valence-electron chi connectivity index (χ3n) is 3.27. The molecule has 0 radical (unpaired) electrons. The molecule has 2 aromatic carbocycles. The van der Waals surface area contributed by atoms with Gasteiger partial charge in [-0.2, -0.15) is 0 Å². The molecule has 1 N–H and O–H groups in total. The number of carboxylic acid groups (broad SMARTS) is 1. The summed E-state index contributed by atoms with van der Waals surface area (Å²) in [6, 6.07) is 13.2. The number of fused-ring (bicyclic) bond motifs is 1. The van der Waals surface area contributed by atoms with E-state index in [1.165, 1.54) is 18.0 Å². The van der Waals surface area contributed by atoms with Crippen LogP contribution in [0.25, 0.3) is 10.8 Å². The summed E-state index contributed by atoms with van der Waals surface area (Å²) < 4.78 is 0. The zero-order chi connectivity index (χ0) is 16.3. The Kier molecular flexibility index (Phi) is 4.41. The maximum absolute atomic E-state index is 12.4. The van der Waals surface area contributed by atoms with Gasteiger partial charge >= 0.3 is 5.97 Å². The number of carbonyl (C=O) groups is 2. The van der Waals surface area contributed by atoms with Gasteiger partial charge in [0.05, 0.1) is 11.3 Å². The number of amides is 1. The molecule has 0 bridgehead atoms. The van der Waals surface area contributed by atoms with Crippen molar-refractivity contribution in [3.05, 3.63) is 66.4 Å². The van der Waals surface area contributed by atoms with Gasteiger partial charge in [-0.25, -0.2) is 4.79 Å². The summed E-state index contributed by atoms with van der Waals surface area (Å²) in [4.78, 5) is 24.9. The monoisotopic (exact) mass is 295 g/mol. The standard InChI is InChI=1S/C18H17NO3/c1-12(2)17(20)19(11-13(3)18(21)22)16-10-6-8-14-7-4-5-9-15(14)16/h4-11H,1H2,2-3H3,(H,21,22). The molecule has 0 spiro atoms. The Balaban J connectivity index is 2.67. The molecule has 0 fully saturated rings. The van der Waals surface area contributed by atoms with Crippen molar-refractivity contribution in [2.75, 3.05) is 4.90 Å². The number of carboxylic acids is 1. The van der Waals surface area contributed by atoms with Crippen molar-refractivity contribution in [1.29, 1.82) is 0 Å². The highest BCUT2D eigenvalue weighted by Gasteiger charge is 2.18. The Bertz CT molecular complexity index is 785. The maximum Gasteiger partial charge on any atom is 0.332 e. The van der Waals surface area contributed by atoms with Gasteiger partial charge in [0, 0.05) is 17.2 Å². The van der Waals surface area contributed by atoms with Crippen LogP contribution in [0.3, 0.4) is 0 Å². The van der Waals surface area contributed by atoms with Crippen molar-refractivity contribution in [3.8, 4) is 0 Å². The van der Waals surface area contributed by atoms with Crippen LogP contribution in [0.15, 0.2) is 66.4 Å². The van der Waals surface area contributed by atoms with Crippen molar-refractivity contribution in [3.63, 3.8) is 0 Å². The van der Waals surface area contributed by atoms with Crippen molar-refractivity contribution >= 4 is 28.3 Å². The predicted molar refractivity (Wildman–Crippen MR) is 87.6 cm³/mol. The third kappa shape index (κ3) is 3.06. The van der Waals surface area contributed by atoms with E-state index in [2.05, 4.69) is 6.58 Å². The van der Waals surface area contributed by atoms with E-state index in [0.717, 1.165) is 10.8 Å². The summed E-state index contributed by atoms with van der Waals surface area (Å²) in [6.45, 7) is 6.72. The number of rotatable bonds is 4. The highest BCUT2D eigenvalue weighted by atomic mass is 16.4.